The monoisotopic (exact) mass is 349 g/mol. The van der Waals surface area contributed by atoms with Gasteiger partial charge in [-0.3, -0.25) is 0 Å². The average Bonchev–Trinajstić information content (AvgIpc) is 3.27. The SMILES string of the molecule is c1ccc(-c2cc3c4ccccc4sc3c3[nH]c4ccccc4c23)cc1. The normalized spacial score (nSPS) is 11.8. The van der Waals surface area contributed by atoms with E-state index in [1.165, 1.54) is 53.1 Å². The molecule has 4 aromatic carbocycles. The van der Waals surface area contributed by atoms with Gasteiger partial charge in [-0.25, -0.2) is 0 Å². The van der Waals surface area contributed by atoms with Crippen LogP contribution in [0.1, 0.15) is 0 Å². The highest BCUT2D eigenvalue weighted by Gasteiger charge is 2.16. The molecule has 6 aromatic rings. The van der Waals surface area contributed by atoms with Gasteiger partial charge in [0.25, 0.3) is 0 Å². The van der Waals surface area contributed by atoms with Gasteiger partial charge in [0.05, 0.1) is 10.2 Å². The van der Waals surface area contributed by atoms with E-state index in [2.05, 4.69) is 89.9 Å². The van der Waals surface area contributed by atoms with Crippen molar-refractivity contribution in [3.8, 4) is 11.1 Å². The van der Waals surface area contributed by atoms with Gasteiger partial charge in [0.15, 0.2) is 0 Å². The number of hydrogen-bond donors (Lipinski definition) is 1. The molecule has 0 atom stereocenters. The highest BCUT2D eigenvalue weighted by atomic mass is 32.1. The summed E-state index contributed by atoms with van der Waals surface area (Å²) < 4.78 is 2.68. The molecule has 2 aromatic heterocycles. The molecule has 26 heavy (non-hydrogen) atoms. The smallest absolute Gasteiger partial charge is 0.0652 e. The number of nitrogens with one attached hydrogen (secondary N) is 1. The van der Waals surface area contributed by atoms with Crippen LogP contribution in [0.25, 0.3) is 53.1 Å². The van der Waals surface area contributed by atoms with Crippen LogP contribution in [-0.2, 0) is 0 Å². The molecule has 0 saturated heterocycles. The topological polar surface area (TPSA) is 15.8 Å². The zero-order chi connectivity index (χ0) is 17.1. The fourth-order valence-corrected chi connectivity index (χ4v) is 5.24. The molecular formula is C24H15NS. The van der Waals surface area contributed by atoms with Crippen LogP contribution in [-0.4, -0.2) is 4.98 Å². The Balaban J connectivity index is 1.91. The van der Waals surface area contributed by atoms with Gasteiger partial charge in [-0.2, -0.15) is 0 Å². The summed E-state index contributed by atoms with van der Waals surface area (Å²) in [7, 11) is 0. The number of hydrogen-bond acceptors (Lipinski definition) is 1. The number of H-pyrrole nitrogens is 1. The molecular weight excluding hydrogens is 334 g/mol. The first-order valence-corrected chi connectivity index (χ1v) is 9.62. The van der Waals surface area contributed by atoms with Crippen LogP contribution in [0.3, 0.4) is 0 Å². The Labute approximate surface area is 154 Å². The number of aromatic nitrogens is 1. The second-order valence-electron chi connectivity index (χ2n) is 6.69. The van der Waals surface area contributed by atoms with Crippen molar-refractivity contribution in [3.63, 3.8) is 0 Å². The van der Waals surface area contributed by atoms with Gasteiger partial charge in [0.1, 0.15) is 0 Å². The summed E-state index contributed by atoms with van der Waals surface area (Å²) in [5, 5.41) is 5.29. The quantitative estimate of drug-likeness (QED) is 0.319. The number of benzene rings is 4. The maximum atomic E-state index is 3.70. The zero-order valence-electron chi connectivity index (χ0n) is 14.0. The molecule has 122 valence electrons. The molecule has 0 bridgehead atoms. The third-order valence-electron chi connectivity index (χ3n) is 5.21. The summed E-state index contributed by atoms with van der Waals surface area (Å²) >= 11 is 1.88. The van der Waals surface area contributed by atoms with Gasteiger partial charge in [-0.15, -0.1) is 11.3 Å². The maximum Gasteiger partial charge on any atom is 0.0652 e. The molecule has 0 radical (unpaired) electrons. The third kappa shape index (κ3) is 1.85. The van der Waals surface area contributed by atoms with Crippen LogP contribution in [0.2, 0.25) is 0 Å². The van der Waals surface area contributed by atoms with Gasteiger partial charge in [0, 0.05) is 31.8 Å². The Kier molecular flexibility index (Phi) is 2.82. The first kappa shape index (κ1) is 14.1. The lowest BCUT2D eigenvalue weighted by Gasteiger charge is -2.06. The van der Waals surface area contributed by atoms with Crippen LogP contribution in [0.5, 0.6) is 0 Å². The lowest BCUT2D eigenvalue weighted by molar-refractivity contribution is 1.57. The van der Waals surface area contributed by atoms with Crippen molar-refractivity contribution < 1.29 is 0 Å². The molecule has 1 nitrogen and oxygen atoms in total. The van der Waals surface area contributed by atoms with Gasteiger partial charge in [-0.05, 0) is 29.3 Å². The minimum absolute atomic E-state index is 1.20. The zero-order valence-corrected chi connectivity index (χ0v) is 14.8. The number of para-hydroxylation sites is 1. The number of thiophene rings is 1. The maximum absolute atomic E-state index is 3.70. The Hall–Kier alpha value is -3.10. The molecule has 0 amide bonds. The molecule has 0 saturated carbocycles. The largest absolute Gasteiger partial charge is 0.353 e. The second kappa shape index (κ2) is 5.20. The number of fused-ring (bicyclic) bond motifs is 7. The Morgan fingerprint density at radius 2 is 1.38 bits per heavy atom. The minimum Gasteiger partial charge on any atom is -0.353 e. The minimum atomic E-state index is 1.20. The number of aromatic amines is 1. The van der Waals surface area contributed by atoms with Crippen LogP contribution in [0.4, 0.5) is 0 Å². The van der Waals surface area contributed by atoms with Crippen molar-refractivity contribution in [1.29, 1.82) is 0 Å². The van der Waals surface area contributed by atoms with Gasteiger partial charge < -0.3 is 4.98 Å². The van der Waals surface area contributed by atoms with E-state index in [0.717, 1.165) is 0 Å². The average molecular weight is 349 g/mol. The Bertz CT molecular complexity index is 1420. The van der Waals surface area contributed by atoms with Crippen molar-refractivity contribution in [2.24, 2.45) is 0 Å². The van der Waals surface area contributed by atoms with Crippen LogP contribution < -0.4 is 0 Å². The predicted molar refractivity (Wildman–Crippen MR) is 114 cm³/mol. The molecule has 2 heteroatoms. The molecule has 0 aliphatic heterocycles. The summed E-state index contributed by atoms with van der Waals surface area (Å²) in [5.74, 6) is 0. The summed E-state index contributed by atoms with van der Waals surface area (Å²) in [5.41, 5.74) is 5.02. The lowest BCUT2D eigenvalue weighted by Crippen LogP contribution is -1.80. The fraction of sp³-hybridized carbons (Fsp3) is 0. The molecule has 0 fully saturated rings. The van der Waals surface area contributed by atoms with Crippen molar-refractivity contribution in [2.75, 3.05) is 0 Å². The highest BCUT2D eigenvalue weighted by molar-refractivity contribution is 7.26. The predicted octanol–water partition coefficient (Wildman–Crippen LogP) is 7.36. The van der Waals surface area contributed by atoms with Gasteiger partial charge >= 0.3 is 0 Å². The molecule has 0 aliphatic carbocycles. The summed E-state index contributed by atoms with van der Waals surface area (Å²) in [6.45, 7) is 0. The van der Waals surface area contributed by atoms with E-state index in [9.17, 15) is 0 Å². The highest BCUT2D eigenvalue weighted by Crippen LogP contribution is 2.44. The molecule has 0 unspecified atom stereocenters. The van der Waals surface area contributed by atoms with E-state index in [1.54, 1.807) is 0 Å². The summed E-state index contributed by atoms with van der Waals surface area (Å²) in [4.78, 5) is 3.70. The first-order chi connectivity index (χ1) is 12.9. The standard InChI is InChI=1S/C24H15NS/c1-2-8-15(9-3-1)18-14-19-16-10-5-7-13-21(16)26-24(19)23-22(18)17-11-4-6-12-20(17)25-23/h1-14,25H. The van der Waals surface area contributed by atoms with E-state index in [0.29, 0.717) is 0 Å². The molecule has 0 aliphatic rings. The van der Waals surface area contributed by atoms with Crippen molar-refractivity contribution >= 4 is 53.3 Å². The summed E-state index contributed by atoms with van der Waals surface area (Å²) in [6.07, 6.45) is 0. The van der Waals surface area contributed by atoms with Gasteiger partial charge in [-0.1, -0.05) is 66.7 Å². The van der Waals surface area contributed by atoms with Crippen LogP contribution >= 0.6 is 11.3 Å². The van der Waals surface area contributed by atoms with Gasteiger partial charge in [0.2, 0.25) is 0 Å². The van der Waals surface area contributed by atoms with Crippen molar-refractivity contribution in [3.05, 3.63) is 84.9 Å². The number of rotatable bonds is 1. The van der Waals surface area contributed by atoms with E-state index < -0.39 is 0 Å². The van der Waals surface area contributed by atoms with Crippen LogP contribution in [0.15, 0.2) is 84.9 Å². The Morgan fingerprint density at radius 3 is 2.27 bits per heavy atom. The first-order valence-electron chi connectivity index (χ1n) is 8.80. The fourth-order valence-electron chi connectivity index (χ4n) is 4.05. The van der Waals surface area contributed by atoms with Crippen molar-refractivity contribution in [2.45, 2.75) is 0 Å². The van der Waals surface area contributed by atoms with Crippen LogP contribution in [0, 0.1) is 0 Å². The molecule has 2 heterocycles. The molecule has 6 rings (SSSR count). The molecule has 0 spiro atoms. The van der Waals surface area contributed by atoms with E-state index in [4.69, 9.17) is 0 Å². The van der Waals surface area contributed by atoms with E-state index >= 15 is 0 Å². The van der Waals surface area contributed by atoms with E-state index in [-0.39, 0.29) is 0 Å². The third-order valence-corrected chi connectivity index (χ3v) is 6.41. The van der Waals surface area contributed by atoms with E-state index in [1.807, 2.05) is 11.3 Å². The van der Waals surface area contributed by atoms with Crippen molar-refractivity contribution in [1.82, 2.24) is 4.98 Å². The second-order valence-corrected chi connectivity index (χ2v) is 7.74. The lowest BCUT2D eigenvalue weighted by atomic mass is 9.97. The Morgan fingerprint density at radius 1 is 0.654 bits per heavy atom. The summed E-state index contributed by atoms with van der Waals surface area (Å²) in [6, 6.07) is 30.4. The molecule has 1 N–H and O–H groups in total.